The van der Waals surface area contributed by atoms with E-state index in [9.17, 15) is 0 Å². The summed E-state index contributed by atoms with van der Waals surface area (Å²) in [5.74, 6) is 0.159. The van der Waals surface area contributed by atoms with Crippen molar-refractivity contribution in [1.82, 2.24) is 0 Å². The van der Waals surface area contributed by atoms with Crippen LogP contribution in [0.25, 0.3) is 0 Å². The first-order chi connectivity index (χ1) is 7.21. The molecule has 1 aromatic carbocycles. The first-order valence-corrected chi connectivity index (χ1v) is 7.16. The SMILES string of the molecule is NC(Cc1ccc(SCl)c(SCl)c1)=NO. The first-order valence-electron chi connectivity index (χ1n) is 3.87. The van der Waals surface area contributed by atoms with Crippen LogP contribution < -0.4 is 5.73 Å². The van der Waals surface area contributed by atoms with E-state index in [-0.39, 0.29) is 5.84 Å². The quantitative estimate of drug-likeness (QED) is 0.384. The zero-order chi connectivity index (χ0) is 11.3. The van der Waals surface area contributed by atoms with Gasteiger partial charge in [0, 0.05) is 16.2 Å². The predicted molar refractivity (Wildman–Crippen MR) is 67.0 cm³/mol. The lowest BCUT2D eigenvalue weighted by Gasteiger charge is -2.05. The summed E-state index contributed by atoms with van der Waals surface area (Å²) in [5.41, 5.74) is 6.32. The average Bonchev–Trinajstić information content (AvgIpc) is 2.28. The standard InChI is InChI=1S/C8H8Cl2N2OS2/c9-14-6-2-1-5(3-7(6)15-10)4-8(11)12-13/h1-3,13H,4H2,(H2,11,12). The van der Waals surface area contributed by atoms with Crippen molar-refractivity contribution < 1.29 is 5.21 Å². The van der Waals surface area contributed by atoms with Crippen LogP contribution in [0.3, 0.4) is 0 Å². The van der Waals surface area contributed by atoms with Gasteiger partial charge in [0.1, 0.15) is 5.84 Å². The van der Waals surface area contributed by atoms with Crippen LogP contribution in [-0.4, -0.2) is 11.0 Å². The van der Waals surface area contributed by atoms with E-state index in [0.717, 1.165) is 37.3 Å². The highest BCUT2D eigenvalue weighted by Crippen LogP contribution is 2.35. The van der Waals surface area contributed by atoms with Gasteiger partial charge in [0.15, 0.2) is 0 Å². The molecule has 3 nitrogen and oxygen atoms in total. The number of oxime groups is 1. The van der Waals surface area contributed by atoms with Crippen molar-refractivity contribution in [2.75, 3.05) is 0 Å². The van der Waals surface area contributed by atoms with Crippen molar-refractivity contribution in [3.63, 3.8) is 0 Å². The molecule has 1 rings (SSSR count). The third-order valence-corrected chi connectivity index (χ3v) is 3.84. The summed E-state index contributed by atoms with van der Waals surface area (Å²) < 4.78 is 0. The van der Waals surface area contributed by atoms with Crippen LogP contribution in [-0.2, 0) is 6.42 Å². The zero-order valence-electron chi connectivity index (χ0n) is 7.48. The molecule has 0 radical (unpaired) electrons. The molecule has 0 aliphatic carbocycles. The number of hydrogen-bond acceptors (Lipinski definition) is 4. The highest BCUT2D eigenvalue weighted by Gasteiger charge is 2.05. The van der Waals surface area contributed by atoms with Gasteiger partial charge in [-0.15, -0.1) is 0 Å². The summed E-state index contributed by atoms with van der Waals surface area (Å²) in [7, 11) is 13.5. The number of nitrogens with two attached hydrogens (primary N) is 1. The Morgan fingerprint density at radius 2 is 2.00 bits per heavy atom. The van der Waals surface area contributed by atoms with Crippen molar-refractivity contribution in [2.24, 2.45) is 10.9 Å². The van der Waals surface area contributed by atoms with Gasteiger partial charge in [-0.1, -0.05) is 11.2 Å². The lowest BCUT2D eigenvalue weighted by atomic mass is 10.1. The van der Waals surface area contributed by atoms with E-state index in [0.29, 0.717) is 6.42 Å². The molecule has 0 amide bonds. The Bertz CT molecular complexity index is 374. The minimum absolute atomic E-state index is 0.159. The van der Waals surface area contributed by atoms with E-state index >= 15 is 0 Å². The lowest BCUT2D eigenvalue weighted by molar-refractivity contribution is 0.317. The summed E-state index contributed by atoms with van der Waals surface area (Å²) in [6, 6.07) is 5.57. The van der Waals surface area contributed by atoms with E-state index < -0.39 is 0 Å². The number of benzene rings is 1. The van der Waals surface area contributed by atoms with E-state index in [1.54, 1.807) is 0 Å². The Hall–Kier alpha value is -0.230. The third kappa shape index (κ3) is 3.68. The second kappa shape index (κ2) is 6.37. The summed E-state index contributed by atoms with van der Waals surface area (Å²) in [5, 5.41) is 11.3. The Labute approximate surface area is 105 Å². The molecule has 7 heteroatoms. The average molecular weight is 283 g/mol. The van der Waals surface area contributed by atoms with Gasteiger partial charge < -0.3 is 10.9 Å². The monoisotopic (exact) mass is 282 g/mol. The van der Waals surface area contributed by atoms with E-state index in [1.165, 1.54) is 0 Å². The Morgan fingerprint density at radius 1 is 1.33 bits per heavy atom. The minimum atomic E-state index is 0.159. The van der Waals surface area contributed by atoms with E-state index in [1.807, 2.05) is 18.2 Å². The molecule has 0 bridgehead atoms. The van der Waals surface area contributed by atoms with Crippen LogP contribution in [0.4, 0.5) is 0 Å². The van der Waals surface area contributed by atoms with Crippen LogP contribution in [0.15, 0.2) is 33.1 Å². The van der Waals surface area contributed by atoms with Crippen LogP contribution in [0.2, 0.25) is 0 Å². The summed E-state index contributed by atoms with van der Waals surface area (Å²) in [4.78, 5) is 1.75. The predicted octanol–water partition coefficient (Wildman–Crippen LogP) is 3.47. The van der Waals surface area contributed by atoms with Gasteiger partial charge in [-0.05, 0) is 61.0 Å². The fraction of sp³-hybridized carbons (Fsp3) is 0.125. The van der Waals surface area contributed by atoms with Gasteiger partial charge in [0.25, 0.3) is 0 Å². The van der Waals surface area contributed by atoms with Crippen LogP contribution in [0.1, 0.15) is 5.56 Å². The van der Waals surface area contributed by atoms with Crippen LogP contribution in [0.5, 0.6) is 0 Å². The number of hydrogen-bond donors (Lipinski definition) is 2. The smallest absolute Gasteiger partial charge is 0.143 e. The number of rotatable bonds is 4. The molecule has 0 atom stereocenters. The molecule has 0 fully saturated rings. The van der Waals surface area contributed by atoms with Crippen LogP contribution in [0, 0.1) is 0 Å². The highest BCUT2D eigenvalue weighted by atomic mass is 35.7. The van der Waals surface area contributed by atoms with Crippen molar-refractivity contribution in [1.29, 1.82) is 0 Å². The molecule has 82 valence electrons. The van der Waals surface area contributed by atoms with Gasteiger partial charge in [0.2, 0.25) is 0 Å². The lowest BCUT2D eigenvalue weighted by Crippen LogP contribution is -2.14. The maximum absolute atomic E-state index is 8.43. The molecule has 0 unspecified atom stereocenters. The molecule has 0 aromatic heterocycles. The maximum atomic E-state index is 8.43. The second-order valence-corrected chi connectivity index (χ2v) is 4.82. The molecule has 15 heavy (non-hydrogen) atoms. The molecule has 0 spiro atoms. The number of nitrogens with zero attached hydrogens (tertiary/aromatic N) is 1. The minimum Gasteiger partial charge on any atom is -0.409 e. The number of amidine groups is 1. The van der Waals surface area contributed by atoms with Gasteiger partial charge >= 0.3 is 0 Å². The Morgan fingerprint density at radius 3 is 2.53 bits per heavy atom. The Kier molecular flexibility index (Phi) is 5.45. The van der Waals surface area contributed by atoms with E-state index in [2.05, 4.69) is 5.16 Å². The third-order valence-electron chi connectivity index (χ3n) is 1.69. The second-order valence-electron chi connectivity index (χ2n) is 2.70. The van der Waals surface area contributed by atoms with Crippen molar-refractivity contribution >= 4 is 49.2 Å². The van der Waals surface area contributed by atoms with Gasteiger partial charge in [-0.25, -0.2) is 0 Å². The molecular formula is C8H8Cl2N2OS2. The number of halogens is 2. The fourth-order valence-electron chi connectivity index (χ4n) is 1.03. The zero-order valence-corrected chi connectivity index (χ0v) is 10.6. The molecule has 0 saturated carbocycles. The fourth-order valence-corrected chi connectivity index (χ4v) is 2.94. The topological polar surface area (TPSA) is 58.6 Å². The molecule has 1 aromatic rings. The summed E-state index contributed by atoms with van der Waals surface area (Å²) in [6.07, 6.45) is 0.383. The largest absolute Gasteiger partial charge is 0.409 e. The molecule has 0 aliphatic rings. The maximum Gasteiger partial charge on any atom is 0.143 e. The molecular weight excluding hydrogens is 275 g/mol. The molecule has 0 aliphatic heterocycles. The van der Waals surface area contributed by atoms with Crippen molar-refractivity contribution in [2.45, 2.75) is 16.2 Å². The van der Waals surface area contributed by atoms with Crippen molar-refractivity contribution in [3.8, 4) is 0 Å². The van der Waals surface area contributed by atoms with Gasteiger partial charge in [0.05, 0.1) is 0 Å². The first kappa shape index (κ1) is 12.8. The van der Waals surface area contributed by atoms with Crippen LogP contribution >= 0.6 is 43.3 Å². The highest BCUT2D eigenvalue weighted by molar-refractivity contribution is 8.23. The summed E-state index contributed by atoms with van der Waals surface area (Å²) in [6.45, 7) is 0. The molecule has 0 saturated heterocycles. The Balaban J connectivity index is 2.93. The molecule has 3 N–H and O–H groups in total. The normalized spacial score (nSPS) is 11.7. The summed E-state index contributed by atoms with van der Waals surface area (Å²) >= 11 is 0. The van der Waals surface area contributed by atoms with E-state index in [4.69, 9.17) is 32.3 Å². The van der Waals surface area contributed by atoms with Gasteiger partial charge in [-0.2, -0.15) is 0 Å². The molecule has 0 heterocycles. The van der Waals surface area contributed by atoms with Gasteiger partial charge in [-0.3, -0.25) is 0 Å². The van der Waals surface area contributed by atoms with Crippen molar-refractivity contribution in [3.05, 3.63) is 23.8 Å².